The fourth-order valence-electron chi connectivity index (χ4n) is 2.97. The van der Waals surface area contributed by atoms with Crippen LogP contribution in [-0.2, 0) is 4.79 Å². The molecule has 0 radical (unpaired) electrons. The zero-order chi connectivity index (χ0) is 14.0. The second kappa shape index (κ2) is 5.36. The first-order chi connectivity index (χ1) is 8.97. The van der Waals surface area contributed by atoms with Crippen LogP contribution in [-0.4, -0.2) is 52.3 Å². The first-order valence-electron chi connectivity index (χ1n) is 6.93. The molecule has 0 spiro atoms. The molecule has 2 atom stereocenters. The molecule has 2 fully saturated rings. The van der Waals surface area contributed by atoms with Gasteiger partial charge in [-0.25, -0.2) is 9.59 Å². The van der Waals surface area contributed by atoms with Crippen LogP contribution in [0, 0.1) is 5.41 Å². The normalized spacial score (nSPS) is 28.8. The first kappa shape index (κ1) is 14.1. The maximum absolute atomic E-state index is 12.0. The number of aliphatic hydroxyl groups is 1. The van der Waals surface area contributed by atoms with Gasteiger partial charge >= 0.3 is 12.0 Å². The Bertz CT molecular complexity index is 362. The molecule has 0 aromatic carbocycles. The first-order valence-corrected chi connectivity index (χ1v) is 6.93. The summed E-state index contributed by atoms with van der Waals surface area (Å²) in [4.78, 5) is 24.3. The number of β-amino-alcohol motifs (C(OH)–C–C–N with tert-alkyl or cyclic N) is 1. The van der Waals surface area contributed by atoms with Crippen LogP contribution < -0.4 is 5.32 Å². The SMILES string of the molecule is CCC1(CNC(=O)N2CC(O)C[C@H]2C(=O)O)CCC1. The Balaban J connectivity index is 1.90. The highest BCUT2D eigenvalue weighted by atomic mass is 16.4. The molecule has 2 aliphatic rings. The van der Waals surface area contributed by atoms with E-state index in [1.807, 2.05) is 0 Å². The van der Waals surface area contributed by atoms with Crippen LogP contribution in [0.3, 0.4) is 0 Å². The molecule has 19 heavy (non-hydrogen) atoms. The van der Waals surface area contributed by atoms with Gasteiger partial charge in [0.15, 0.2) is 0 Å². The number of likely N-dealkylation sites (tertiary alicyclic amines) is 1. The Morgan fingerprint density at radius 2 is 2.11 bits per heavy atom. The van der Waals surface area contributed by atoms with Crippen molar-refractivity contribution in [2.45, 2.75) is 51.2 Å². The van der Waals surface area contributed by atoms with Crippen LogP contribution in [0.25, 0.3) is 0 Å². The molecule has 1 aliphatic heterocycles. The Hall–Kier alpha value is -1.30. The van der Waals surface area contributed by atoms with E-state index in [1.54, 1.807) is 0 Å². The molecule has 2 rings (SSSR count). The maximum atomic E-state index is 12.0. The van der Waals surface area contributed by atoms with E-state index in [4.69, 9.17) is 5.11 Å². The van der Waals surface area contributed by atoms with Crippen molar-refractivity contribution in [1.82, 2.24) is 10.2 Å². The van der Waals surface area contributed by atoms with Crippen LogP contribution in [0.1, 0.15) is 39.0 Å². The number of carboxylic acid groups (broad SMARTS) is 1. The molecule has 0 aromatic heterocycles. The molecule has 2 amide bonds. The number of hydrogen-bond donors (Lipinski definition) is 3. The summed E-state index contributed by atoms with van der Waals surface area (Å²) < 4.78 is 0. The minimum atomic E-state index is -1.06. The van der Waals surface area contributed by atoms with Crippen LogP contribution >= 0.6 is 0 Å². The lowest BCUT2D eigenvalue weighted by atomic mass is 9.67. The highest BCUT2D eigenvalue weighted by Crippen LogP contribution is 2.43. The van der Waals surface area contributed by atoms with Gasteiger partial charge in [-0.1, -0.05) is 13.3 Å². The zero-order valence-electron chi connectivity index (χ0n) is 11.3. The van der Waals surface area contributed by atoms with E-state index >= 15 is 0 Å². The summed E-state index contributed by atoms with van der Waals surface area (Å²) in [6.07, 6.45) is 3.84. The van der Waals surface area contributed by atoms with Crippen molar-refractivity contribution in [2.75, 3.05) is 13.1 Å². The molecule has 1 heterocycles. The van der Waals surface area contributed by atoms with E-state index in [-0.39, 0.29) is 24.4 Å². The summed E-state index contributed by atoms with van der Waals surface area (Å²) in [5.41, 5.74) is 0.201. The highest BCUT2D eigenvalue weighted by Gasteiger charge is 2.40. The van der Waals surface area contributed by atoms with Crippen LogP contribution in [0.2, 0.25) is 0 Å². The summed E-state index contributed by atoms with van der Waals surface area (Å²) in [7, 11) is 0. The fourth-order valence-corrected chi connectivity index (χ4v) is 2.97. The number of amides is 2. The number of aliphatic carboxylic acids is 1. The van der Waals surface area contributed by atoms with Gasteiger partial charge in [-0.15, -0.1) is 0 Å². The second-order valence-electron chi connectivity index (χ2n) is 5.76. The third-order valence-corrected chi connectivity index (χ3v) is 4.60. The number of carboxylic acids is 1. The number of rotatable bonds is 4. The Morgan fingerprint density at radius 3 is 2.58 bits per heavy atom. The van der Waals surface area contributed by atoms with Crippen molar-refractivity contribution < 1.29 is 19.8 Å². The molecule has 6 heteroatoms. The summed E-state index contributed by atoms with van der Waals surface area (Å²) in [6, 6.07) is -1.28. The van der Waals surface area contributed by atoms with Gasteiger partial charge in [0.05, 0.1) is 6.10 Å². The number of carbonyl (C=O) groups is 2. The van der Waals surface area contributed by atoms with E-state index in [9.17, 15) is 14.7 Å². The highest BCUT2D eigenvalue weighted by molar-refractivity contribution is 5.83. The average molecular weight is 270 g/mol. The lowest BCUT2D eigenvalue weighted by Crippen LogP contribution is -2.50. The molecule has 1 aliphatic carbocycles. The summed E-state index contributed by atoms with van der Waals surface area (Å²) in [6.45, 7) is 2.81. The number of carbonyl (C=O) groups excluding carboxylic acids is 1. The lowest BCUT2D eigenvalue weighted by molar-refractivity contribution is -0.141. The lowest BCUT2D eigenvalue weighted by Gasteiger charge is -2.41. The van der Waals surface area contributed by atoms with Crippen LogP contribution in [0.15, 0.2) is 0 Å². The van der Waals surface area contributed by atoms with Crippen molar-refractivity contribution in [2.24, 2.45) is 5.41 Å². The number of aliphatic hydroxyl groups excluding tert-OH is 1. The summed E-state index contributed by atoms with van der Waals surface area (Å²) in [5.74, 6) is -1.06. The largest absolute Gasteiger partial charge is 0.480 e. The van der Waals surface area contributed by atoms with E-state index in [0.29, 0.717) is 6.54 Å². The third-order valence-electron chi connectivity index (χ3n) is 4.60. The van der Waals surface area contributed by atoms with E-state index in [0.717, 1.165) is 19.3 Å². The third kappa shape index (κ3) is 2.83. The summed E-state index contributed by atoms with van der Waals surface area (Å²) in [5, 5.41) is 21.4. The van der Waals surface area contributed by atoms with Crippen molar-refractivity contribution in [3.8, 4) is 0 Å². The molecule has 1 unspecified atom stereocenters. The predicted molar refractivity (Wildman–Crippen MR) is 68.7 cm³/mol. The number of urea groups is 1. The standard InChI is InChI=1S/C13H22N2O4/c1-2-13(4-3-5-13)8-14-12(19)15-7-9(16)6-10(15)11(17)18/h9-10,16H,2-8H2,1H3,(H,14,19)(H,17,18)/t9?,10-/m0/s1. The molecule has 108 valence electrons. The number of hydrogen-bond acceptors (Lipinski definition) is 3. The topological polar surface area (TPSA) is 89.9 Å². The van der Waals surface area contributed by atoms with Gasteiger partial charge in [0.25, 0.3) is 0 Å². The van der Waals surface area contributed by atoms with E-state index < -0.39 is 18.1 Å². The minimum Gasteiger partial charge on any atom is -0.480 e. The average Bonchev–Trinajstić information content (AvgIpc) is 2.70. The van der Waals surface area contributed by atoms with Crippen molar-refractivity contribution in [3.05, 3.63) is 0 Å². The van der Waals surface area contributed by atoms with Gasteiger partial charge in [-0.3, -0.25) is 0 Å². The zero-order valence-corrected chi connectivity index (χ0v) is 11.3. The molecular weight excluding hydrogens is 248 g/mol. The van der Waals surface area contributed by atoms with Crippen molar-refractivity contribution >= 4 is 12.0 Å². The molecule has 1 saturated heterocycles. The number of nitrogens with one attached hydrogen (secondary N) is 1. The maximum Gasteiger partial charge on any atom is 0.326 e. The molecule has 1 saturated carbocycles. The smallest absolute Gasteiger partial charge is 0.326 e. The monoisotopic (exact) mass is 270 g/mol. The second-order valence-corrected chi connectivity index (χ2v) is 5.76. The van der Waals surface area contributed by atoms with Crippen LogP contribution in [0.5, 0.6) is 0 Å². The fraction of sp³-hybridized carbons (Fsp3) is 0.846. The van der Waals surface area contributed by atoms with E-state index in [1.165, 1.54) is 11.3 Å². The molecule has 6 nitrogen and oxygen atoms in total. The van der Waals surface area contributed by atoms with Gasteiger partial charge < -0.3 is 20.4 Å². The molecule has 0 bridgehead atoms. The van der Waals surface area contributed by atoms with Crippen molar-refractivity contribution in [1.29, 1.82) is 0 Å². The molecular formula is C13H22N2O4. The van der Waals surface area contributed by atoms with Crippen LogP contribution in [0.4, 0.5) is 4.79 Å². The Kier molecular flexibility index (Phi) is 3.99. The van der Waals surface area contributed by atoms with Gasteiger partial charge in [-0.2, -0.15) is 0 Å². The summed E-state index contributed by atoms with van der Waals surface area (Å²) >= 11 is 0. The quantitative estimate of drug-likeness (QED) is 0.704. The predicted octanol–water partition coefficient (Wildman–Crippen LogP) is 0.796. The van der Waals surface area contributed by atoms with Gasteiger partial charge in [0.2, 0.25) is 0 Å². The van der Waals surface area contributed by atoms with Crippen molar-refractivity contribution in [3.63, 3.8) is 0 Å². The molecule has 0 aromatic rings. The van der Waals surface area contributed by atoms with Gasteiger partial charge in [0.1, 0.15) is 6.04 Å². The van der Waals surface area contributed by atoms with Gasteiger partial charge in [0, 0.05) is 19.5 Å². The van der Waals surface area contributed by atoms with Gasteiger partial charge in [-0.05, 0) is 24.7 Å². The number of nitrogens with zero attached hydrogens (tertiary/aromatic N) is 1. The van der Waals surface area contributed by atoms with E-state index in [2.05, 4.69) is 12.2 Å². The Morgan fingerprint density at radius 1 is 1.42 bits per heavy atom. The molecule has 3 N–H and O–H groups in total. The minimum absolute atomic E-state index is 0.0991. The Labute approximate surface area is 112 Å².